The topological polar surface area (TPSA) is 20.2 Å². The molecule has 0 fully saturated rings. The smallest absolute Gasteiger partial charge is 0.132 e. The second-order valence-electron chi connectivity index (χ2n) is 3.73. The predicted octanol–water partition coefficient (Wildman–Crippen LogP) is 4.41. The van der Waals surface area contributed by atoms with E-state index >= 15 is 0 Å². The first-order valence-electron chi connectivity index (χ1n) is 5.07. The number of aliphatic hydroxyl groups is 1. The van der Waals surface area contributed by atoms with Crippen LogP contribution in [-0.2, 0) is 0 Å². The number of benzene rings is 2. The summed E-state index contributed by atoms with van der Waals surface area (Å²) in [6, 6.07) is 8.51. The van der Waals surface area contributed by atoms with Crippen LogP contribution in [0.25, 0.3) is 0 Å². The summed E-state index contributed by atoms with van der Waals surface area (Å²) in [6.45, 7) is 0. The standard InChI is InChI=1S/C13H8BrF2IO/c14-7-1-4-12(17)10(5-7)13(18)9-3-2-8(15)6-11(9)16/h1-6,13,18H. The molecule has 0 bridgehead atoms. The van der Waals surface area contributed by atoms with Crippen molar-refractivity contribution in [2.75, 3.05) is 0 Å². The van der Waals surface area contributed by atoms with Crippen molar-refractivity contribution in [3.8, 4) is 0 Å². The molecule has 0 aliphatic rings. The SMILES string of the molecule is OC(c1ccc(F)cc1F)c1cc(Br)ccc1I. The number of halogens is 4. The molecule has 0 heterocycles. The molecule has 0 saturated carbocycles. The number of aliphatic hydroxyl groups excluding tert-OH is 1. The maximum atomic E-state index is 13.6. The molecule has 1 unspecified atom stereocenters. The van der Waals surface area contributed by atoms with Gasteiger partial charge >= 0.3 is 0 Å². The molecule has 2 aromatic rings. The van der Waals surface area contributed by atoms with E-state index in [1.165, 1.54) is 6.07 Å². The minimum absolute atomic E-state index is 0.0624. The van der Waals surface area contributed by atoms with E-state index in [0.29, 0.717) is 5.56 Å². The summed E-state index contributed by atoms with van der Waals surface area (Å²) in [5.41, 5.74) is 0.642. The molecule has 0 amide bonds. The number of hydrogen-bond acceptors (Lipinski definition) is 1. The van der Waals surface area contributed by atoms with E-state index < -0.39 is 17.7 Å². The Labute approximate surface area is 125 Å². The Hall–Kier alpha value is -0.530. The first-order valence-corrected chi connectivity index (χ1v) is 6.94. The number of rotatable bonds is 2. The van der Waals surface area contributed by atoms with Crippen molar-refractivity contribution in [3.05, 3.63) is 67.2 Å². The first-order chi connectivity index (χ1) is 8.49. The summed E-state index contributed by atoms with van der Waals surface area (Å²) in [7, 11) is 0. The maximum Gasteiger partial charge on any atom is 0.132 e. The van der Waals surface area contributed by atoms with Gasteiger partial charge in [-0.15, -0.1) is 0 Å². The van der Waals surface area contributed by atoms with Gasteiger partial charge in [0.2, 0.25) is 0 Å². The molecule has 18 heavy (non-hydrogen) atoms. The zero-order valence-electron chi connectivity index (χ0n) is 9.00. The van der Waals surface area contributed by atoms with Gasteiger partial charge in [-0.1, -0.05) is 22.0 Å². The molecule has 0 aliphatic heterocycles. The van der Waals surface area contributed by atoms with Crippen LogP contribution < -0.4 is 0 Å². The summed E-state index contributed by atoms with van der Waals surface area (Å²) < 4.78 is 28.0. The van der Waals surface area contributed by atoms with Crippen molar-refractivity contribution in [3.63, 3.8) is 0 Å². The van der Waals surface area contributed by atoms with E-state index in [-0.39, 0.29) is 5.56 Å². The molecular weight excluding hydrogens is 417 g/mol. The molecule has 0 aromatic heterocycles. The van der Waals surface area contributed by atoms with E-state index in [4.69, 9.17) is 0 Å². The van der Waals surface area contributed by atoms with Crippen LogP contribution >= 0.6 is 38.5 Å². The van der Waals surface area contributed by atoms with E-state index in [9.17, 15) is 13.9 Å². The lowest BCUT2D eigenvalue weighted by Crippen LogP contribution is -2.05. The van der Waals surface area contributed by atoms with Crippen LogP contribution in [0.5, 0.6) is 0 Å². The summed E-state index contributed by atoms with van der Waals surface area (Å²) in [5, 5.41) is 10.2. The third-order valence-electron chi connectivity index (χ3n) is 2.51. The van der Waals surface area contributed by atoms with Gasteiger partial charge in [-0.25, -0.2) is 8.78 Å². The lowest BCUT2D eigenvalue weighted by atomic mass is 10.0. The van der Waals surface area contributed by atoms with Crippen LogP contribution in [0.2, 0.25) is 0 Å². The monoisotopic (exact) mass is 424 g/mol. The highest BCUT2D eigenvalue weighted by Crippen LogP contribution is 2.30. The summed E-state index contributed by atoms with van der Waals surface area (Å²) in [4.78, 5) is 0. The van der Waals surface area contributed by atoms with Crippen molar-refractivity contribution >= 4 is 38.5 Å². The zero-order chi connectivity index (χ0) is 13.3. The van der Waals surface area contributed by atoms with Crippen molar-refractivity contribution in [1.29, 1.82) is 0 Å². The van der Waals surface area contributed by atoms with Crippen molar-refractivity contribution in [2.45, 2.75) is 6.10 Å². The highest BCUT2D eigenvalue weighted by atomic mass is 127. The third-order valence-corrected chi connectivity index (χ3v) is 3.99. The fourth-order valence-electron chi connectivity index (χ4n) is 1.61. The molecule has 94 valence electrons. The lowest BCUT2D eigenvalue weighted by Gasteiger charge is -2.14. The Morgan fingerprint density at radius 1 is 1.06 bits per heavy atom. The molecule has 1 atom stereocenters. The second kappa shape index (κ2) is 5.63. The normalized spacial score (nSPS) is 12.5. The molecule has 0 saturated heterocycles. The van der Waals surface area contributed by atoms with E-state index in [1.54, 1.807) is 6.07 Å². The van der Waals surface area contributed by atoms with E-state index in [1.807, 2.05) is 12.1 Å². The maximum absolute atomic E-state index is 13.6. The highest BCUT2D eigenvalue weighted by Gasteiger charge is 2.18. The molecule has 5 heteroatoms. The molecule has 0 radical (unpaired) electrons. The third kappa shape index (κ3) is 2.89. The summed E-state index contributed by atoms with van der Waals surface area (Å²) in [6.07, 6.45) is -1.12. The van der Waals surface area contributed by atoms with Gasteiger partial charge in [0.1, 0.15) is 17.7 Å². The van der Waals surface area contributed by atoms with Crippen LogP contribution in [0, 0.1) is 15.2 Å². The average molecular weight is 425 g/mol. The summed E-state index contributed by atoms with van der Waals surface area (Å²) in [5.74, 6) is -1.41. The molecule has 0 aliphatic carbocycles. The van der Waals surface area contributed by atoms with Gasteiger partial charge in [-0.2, -0.15) is 0 Å². The van der Waals surface area contributed by atoms with Gasteiger partial charge in [0.25, 0.3) is 0 Å². The van der Waals surface area contributed by atoms with Gasteiger partial charge in [0.05, 0.1) is 0 Å². The van der Waals surface area contributed by atoms with Gasteiger partial charge in [0.15, 0.2) is 0 Å². The van der Waals surface area contributed by atoms with Crippen LogP contribution in [0.4, 0.5) is 8.78 Å². The fraction of sp³-hybridized carbons (Fsp3) is 0.0769. The predicted molar refractivity (Wildman–Crippen MR) is 77.3 cm³/mol. The van der Waals surface area contributed by atoms with E-state index in [0.717, 1.165) is 20.2 Å². The van der Waals surface area contributed by atoms with Gasteiger partial charge < -0.3 is 5.11 Å². The number of hydrogen-bond donors (Lipinski definition) is 1. The van der Waals surface area contributed by atoms with E-state index in [2.05, 4.69) is 38.5 Å². The first kappa shape index (κ1) is 13.9. The average Bonchev–Trinajstić information content (AvgIpc) is 2.31. The zero-order valence-corrected chi connectivity index (χ0v) is 12.7. The minimum atomic E-state index is -1.12. The Kier molecular flexibility index (Phi) is 4.34. The Morgan fingerprint density at radius 3 is 2.44 bits per heavy atom. The van der Waals surface area contributed by atoms with Crippen LogP contribution in [-0.4, -0.2) is 5.11 Å². The fourth-order valence-corrected chi connectivity index (χ4v) is 2.62. The largest absolute Gasteiger partial charge is 0.384 e. The quantitative estimate of drug-likeness (QED) is 0.708. The Morgan fingerprint density at radius 2 is 1.78 bits per heavy atom. The van der Waals surface area contributed by atoms with Crippen molar-refractivity contribution in [2.24, 2.45) is 0 Å². The highest BCUT2D eigenvalue weighted by molar-refractivity contribution is 14.1. The molecule has 1 nitrogen and oxygen atoms in total. The Bertz CT molecular complexity index is 589. The summed E-state index contributed by atoms with van der Waals surface area (Å²) >= 11 is 5.36. The van der Waals surface area contributed by atoms with Crippen LogP contribution in [0.3, 0.4) is 0 Å². The van der Waals surface area contributed by atoms with Gasteiger partial charge in [-0.3, -0.25) is 0 Å². The van der Waals surface area contributed by atoms with Crippen molar-refractivity contribution < 1.29 is 13.9 Å². The molecule has 2 aromatic carbocycles. The van der Waals surface area contributed by atoms with Crippen LogP contribution in [0.1, 0.15) is 17.2 Å². The second-order valence-corrected chi connectivity index (χ2v) is 5.81. The lowest BCUT2D eigenvalue weighted by molar-refractivity contribution is 0.214. The van der Waals surface area contributed by atoms with Crippen LogP contribution in [0.15, 0.2) is 40.9 Å². The molecule has 1 N–H and O–H groups in total. The molecular formula is C13H8BrF2IO. The molecule has 0 spiro atoms. The molecule has 2 rings (SSSR count). The van der Waals surface area contributed by atoms with Gasteiger partial charge in [0, 0.05) is 19.7 Å². The van der Waals surface area contributed by atoms with Gasteiger partial charge in [-0.05, 0) is 52.4 Å². The van der Waals surface area contributed by atoms with Crippen molar-refractivity contribution in [1.82, 2.24) is 0 Å². The minimum Gasteiger partial charge on any atom is -0.384 e. The Balaban J connectivity index is 2.47.